The average Bonchev–Trinajstić information content (AvgIpc) is 3.03. The zero-order chi connectivity index (χ0) is 11.0. The summed E-state index contributed by atoms with van der Waals surface area (Å²) in [4.78, 5) is 4.49. The Labute approximate surface area is 99.3 Å². The van der Waals surface area contributed by atoms with Gasteiger partial charge in [-0.2, -0.15) is 4.37 Å². The van der Waals surface area contributed by atoms with Gasteiger partial charge >= 0.3 is 0 Å². The third kappa shape index (κ3) is 2.20. The second kappa shape index (κ2) is 4.30. The summed E-state index contributed by atoms with van der Waals surface area (Å²) in [6.45, 7) is 0. The number of aliphatic hydroxyl groups excluding tert-OH is 1. The fourth-order valence-electron chi connectivity index (χ4n) is 2.24. The zero-order valence-corrected chi connectivity index (χ0v) is 10.0. The van der Waals surface area contributed by atoms with Gasteiger partial charge in [0, 0.05) is 17.5 Å². The van der Waals surface area contributed by atoms with E-state index in [0.717, 1.165) is 30.2 Å². The number of nitrogens with zero attached hydrogens (tertiary/aromatic N) is 2. The van der Waals surface area contributed by atoms with E-state index in [4.69, 9.17) is 0 Å². The monoisotopic (exact) mass is 239 g/mol. The van der Waals surface area contributed by atoms with Gasteiger partial charge in [-0.25, -0.2) is 4.98 Å². The highest BCUT2D eigenvalue weighted by Crippen LogP contribution is 2.39. The van der Waals surface area contributed by atoms with Crippen molar-refractivity contribution in [1.82, 2.24) is 9.36 Å². The van der Waals surface area contributed by atoms with Crippen molar-refractivity contribution >= 4 is 16.7 Å². The first-order valence-electron chi connectivity index (χ1n) is 6.11. The van der Waals surface area contributed by atoms with Gasteiger partial charge in [-0.15, -0.1) is 0 Å². The van der Waals surface area contributed by atoms with E-state index in [1.54, 1.807) is 0 Å². The lowest BCUT2D eigenvalue weighted by Gasteiger charge is -2.27. The van der Waals surface area contributed by atoms with Crippen LogP contribution in [-0.2, 0) is 0 Å². The van der Waals surface area contributed by atoms with Gasteiger partial charge in [-0.1, -0.05) is 12.8 Å². The predicted molar refractivity (Wildman–Crippen MR) is 63.8 cm³/mol. The van der Waals surface area contributed by atoms with Crippen LogP contribution >= 0.6 is 11.5 Å². The van der Waals surface area contributed by atoms with Crippen molar-refractivity contribution in [2.45, 2.75) is 56.6 Å². The number of aromatic nitrogens is 2. The van der Waals surface area contributed by atoms with Crippen LogP contribution in [0.1, 0.15) is 50.3 Å². The van der Waals surface area contributed by atoms with Crippen molar-refractivity contribution in [1.29, 1.82) is 0 Å². The zero-order valence-electron chi connectivity index (χ0n) is 9.22. The summed E-state index contributed by atoms with van der Waals surface area (Å²) in [5, 5.41) is 14.1. The molecular formula is C11H17N3OS. The van der Waals surface area contributed by atoms with Gasteiger partial charge < -0.3 is 10.4 Å². The van der Waals surface area contributed by atoms with Crippen molar-refractivity contribution in [2.24, 2.45) is 0 Å². The van der Waals surface area contributed by atoms with Crippen LogP contribution in [0.25, 0.3) is 0 Å². The number of anilines is 1. The van der Waals surface area contributed by atoms with E-state index in [0.29, 0.717) is 5.92 Å². The van der Waals surface area contributed by atoms with Gasteiger partial charge in [0.1, 0.15) is 5.82 Å². The summed E-state index contributed by atoms with van der Waals surface area (Å²) in [6.07, 6.45) is 6.55. The smallest absolute Gasteiger partial charge is 0.202 e. The van der Waals surface area contributed by atoms with E-state index in [9.17, 15) is 5.11 Å². The molecule has 2 fully saturated rings. The van der Waals surface area contributed by atoms with Crippen LogP contribution in [0.4, 0.5) is 5.13 Å². The molecule has 88 valence electrons. The quantitative estimate of drug-likeness (QED) is 0.848. The third-order valence-electron chi connectivity index (χ3n) is 3.42. The van der Waals surface area contributed by atoms with Gasteiger partial charge in [0.05, 0.1) is 12.1 Å². The molecule has 16 heavy (non-hydrogen) atoms. The van der Waals surface area contributed by atoms with E-state index in [2.05, 4.69) is 14.7 Å². The molecule has 0 radical (unpaired) electrons. The molecule has 4 nitrogen and oxygen atoms in total. The Morgan fingerprint density at radius 2 is 2.00 bits per heavy atom. The molecule has 1 aromatic heterocycles. The van der Waals surface area contributed by atoms with Crippen molar-refractivity contribution in [3.63, 3.8) is 0 Å². The molecule has 5 heteroatoms. The van der Waals surface area contributed by atoms with E-state index in [1.165, 1.54) is 30.8 Å². The van der Waals surface area contributed by atoms with E-state index < -0.39 is 0 Å². The maximum atomic E-state index is 9.85. The SMILES string of the molecule is O[C@H]1CCCC[C@@H]1Nc1nc(C2CC2)ns1. The molecule has 1 heterocycles. The fraction of sp³-hybridized carbons (Fsp3) is 0.818. The van der Waals surface area contributed by atoms with Crippen LogP contribution in [0.3, 0.4) is 0 Å². The summed E-state index contributed by atoms with van der Waals surface area (Å²) in [7, 11) is 0. The second-order valence-electron chi connectivity index (χ2n) is 4.83. The minimum Gasteiger partial charge on any atom is -0.391 e. The highest BCUT2D eigenvalue weighted by atomic mass is 32.1. The molecule has 3 rings (SSSR count). The van der Waals surface area contributed by atoms with E-state index >= 15 is 0 Å². The topological polar surface area (TPSA) is 58.0 Å². The molecule has 0 spiro atoms. The van der Waals surface area contributed by atoms with Crippen LogP contribution in [0.15, 0.2) is 0 Å². The summed E-state index contributed by atoms with van der Waals surface area (Å²) >= 11 is 1.43. The molecular weight excluding hydrogens is 222 g/mol. The molecule has 2 N–H and O–H groups in total. The number of nitrogens with one attached hydrogen (secondary N) is 1. The molecule has 0 unspecified atom stereocenters. The second-order valence-corrected chi connectivity index (χ2v) is 5.59. The van der Waals surface area contributed by atoms with Crippen LogP contribution in [0.2, 0.25) is 0 Å². The normalized spacial score (nSPS) is 30.3. The molecule has 2 aliphatic carbocycles. The van der Waals surface area contributed by atoms with Gasteiger partial charge in [0.2, 0.25) is 5.13 Å². The Morgan fingerprint density at radius 1 is 1.19 bits per heavy atom. The summed E-state index contributed by atoms with van der Waals surface area (Å²) in [5.41, 5.74) is 0. The molecule has 1 aromatic rings. The first kappa shape index (κ1) is 10.5. The fourth-order valence-corrected chi connectivity index (χ4v) is 2.95. The Kier molecular flexibility index (Phi) is 2.81. The van der Waals surface area contributed by atoms with Gasteiger partial charge in [0.15, 0.2) is 0 Å². The molecule has 0 bridgehead atoms. The molecule has 2 atom stereocenters. The lowest BCUT2D eigenvalue weighted by Crippen LogP contribution is -2.36. The predicted octanol–water partition coefficient (Wildman–Crippen LogP) is 2.13. The molecule has 0 aliphatic heterocycles. The summed E-state index contributed by atoms with van der Waals surface area (Å²) in [5.74, 6) is 1.61. The maximum Gasteiger partial charge on any atom is 0.202 e. The standard InChI is InChI=1S/C11H17N3OS/c15-9-4-2-1-3-8(9)12-11-13-10(14-16-11)7-5-6-7/h7-9,15H,1-6H2,(H,12,13,14)/t8-,9-/m0/s1. The van der Waals surface area contributed by atoms with Gasteiger partial charge in [-0.3, -0.25) is 0 Å². The summed E-state index contributed by atoms with van der Waals surface area (Å²) < 4.78 is 4.36. The number of aliphatic hydroxyl groups is 1. The average molecular weight is 239 g/mol. The molecule has 0 amide bonds. The minimum absolute atomic E-state index is 0.175. The number of rotatable bonds is 3. The van der Waals surface area contributed by atoms with Gasteiger partial charge in [-0.05, 0) is 25.7 Å². The third-order valence-corrected chi connectivity index (χ3v) is 4.08. The Bertz CT molecular complexity index is 364. The maximum absolute atomic E-state index is 9.85. The Balaban J connectivity index is 1.63. The number of hydrogen-bond donors (Lipinski definition) is 2. The molecule has 2 aliphatic rings. The molecule has 0 aromatic carbocycles. The highest BCUT2D eigenvalue weighted by Gasteiger charge is 2.29. The van der Waals surface area contributed by atoms with Crippen molar-refractivity contribution < 1.29 is 5.11 Å². The van der Waals surface area contributed by atoms with Crippen molar-refractivity contribution in [2.75, 3.05) is 5.32 Å². The lowest BCUT2D eigenvalue weighted by molar-refractivity contribution is 0.116. The minimum atomic E-state index is -0.220. The Morgan fingerprint density at radius 3 is 2.75 bits per heavy atom. The van der Waals surface area contributed by atoms with Crippen LogP contribution < -0.4 is 5.32 Å². The van der Waals surface area contributed by atoms with Crippen molar-refractivity contribution in [3.8, 4) is 0 Å². The van der Waals surface area contributed by atoms with E-state index in [1.807, 2.05) is 0 Å². The van der Waals surface area contributed by atoms with Crippen LogP contribution in [-0.4, -0.2) is 26.6 Å². The highest BCUT2D eigenvalue weighted by molar-refractivity contribution is 7.09. The van der Waals surface area contributed by atoms with Crippen molar-refractivity contribution in [3.05, 3.63) is 5.82 Å². The largest absolute Gasteiger partial charge is 0.391 e. The molecule has 2 saturated carbocycles. The lowest BCUT2D eigenvalue weighted by atomic mass is 9.93. The van der Waals surface area contributed by atoms with Crippen LogP contribution in [0, 0.1) is 0 Å². The van der Waals surface area contributed by atoms with Gasteiger partial charge in [0.25, 0.3) is 0 Å². The van der Waals surface area contributed by atoms with Crippen LogP contribution in [0.5, 0.6) is 0 Å². The Hall–Kier alpha value is -0.680. The summed E-state index contributed by atoms with van der Waals surface area (Å²) in [6, 6.07) is 0.175. The molecule has 0 saturated heterocycles. The first-order valence-corrected chi connectivity index (χ1v) is 6.88. The number of hydrogen-bond acceptors (Lipinski definition) is 5. The first-order chi connectivity index (χ1) is 7.83. The van der Waals surface area contributed by atoms with E-state index in [-0.39, 0.29) is 12.1 Å².